The average Bonchev–Trinajstić information content (AvgIpc) is 2.45. The lowest BCUT2D eigenvalue weighted by Gasteiger charge is -2.23. The molecule has 21 heavy (non-hydrogen) atoms. The fourth-order valence-corrected chi connectivity index (χ4v) is 3.36. The highest BCUT2D eigenvalue weighted by Gasteiger charge is 2.28. The Labute approximate surface area is 134 Å². The SMILES string of the molecule is CCCCCNC(=O)C[C@@H]1Sc2ccc(Cl)cc2NC1=O. The molecule has 1 aliphatic heterocycles. The van der Waals surface area contributed by atoms with Crippen molar-refractivity contribution >= 4 is 40.9 Å². The number of thioether (sulfide) groups is 1. The lowest BCUT2D eigenvalue weighted by atomic mass is 10.2. The van der Waals surface area contributed by atoms with Crippen LogP contribution in [0.2, 0.25) is 5.02 Å². The first-order valence-corrected chi connectivity index (χ1v) is 8.39. The van der Waals surface area contributed by atoms with Gasteiger partial charge in [0.1, 0.15) is 0 Å². The molecule has 1 heterocycles. The van der Waals surface area contributed by atoms with Crippen molar-refractivity contribution in [3.63, 3.8) is 0 Å². The van der Waals surface area contributed by atoms with E-state index in [0.29, 0.717) is 11.6 Å². The number of hydrogen-bond acceptors (Lipinski definition) is 3. The molecular weight excluding hydrogens is 308 g/mol. The van der Waals surface area contributed by atoms with Crippen molar-refractivity contribution < 1.29 is 9.59 Å². The van der Waals surface area contributed by atoms with Crippen LogP contribution >= 0.6 is 23.4 Å². The number of hydrogen-bond donors (Lipinski definition) is 2. The number of unbranched alkanes of at least 4 members (excludes halogenated alkanes) is 2. The van der Waals surface area contributed by atoms with Gasteiger partial charge in [0.25, 0.3) is 0 Å². The summed E-state index contributed by atoms with van der Waals surface area (Å²) in [5.41, 5.74) is 0.720. The van der Waals surface area contributed by atoms with Crippen LogP contribution in [0.3, 0.4) is 0 Å². The Morgan fingerprint density at radius 3 is 3.00 bits per heavy atom. The molecule has 1 atom stereocenters. The number of anilines is 1. The number of halogens is 1. The second-order valence-corrected chi connectivity index (χ2v) is 6.68. The molecule has 0 fully saturated rings. The van der Waals surface area contributed by atoms with E-state index in [4.69, 9.17) is 11.6 Å². The monoisotopic (exact) mass is 326 g/mol. The molecule has 0 bridgehead atoms. The van der Waals surface area contributed by atoms with Crippen molar-refractivity contribution in [2.45, 2.75) is 42.8 Å². The van der Waals surface area contributed by atoms with Gasteiger partial charge in [-0.25, -0.2) is 0 Å². The fraction of sp³-hybridized carbons (Fsp3) is 0.467. The zero-order chi connectivity index (χ0) is 15.2. The summed E-state index contributed by atoms with van der Waals surface area (Å²) in [6.45, 7) is 2.80. The van der Waals surface area contributed by atoms with E-state index in [0.717, 1.165) is 29.8 Å². The maximum Gasteiger partial charge on any atom is 0.238 e. The molecule has 114 valence electrons. The Balaban J connectivity index is 1.88. The highest BCUT2D eigenvalue weighted by atomic mass is 35.5. The molecule has 0 aromatic heterocycles. The smallest absolute Gasteiger partial charge is 0.238 e. The Morgan fingerprint density at radius 1 is 1.43 bits per heavy atom. The fourth-order valence-electron chi connectivity index (χ4n) is 2.10. The molecule has 1 aromatic rings. The van der Waals surface area contributed by atoms with Crippen LogP contribution in [-0.4, -0.2) is 23.6 Å². The Kier molecular flexibility index (Phi) is 5.94. The molecule has 2 amide bonds. The van der Waals surface area contributed by atoms with Crippen molar-refractivity contribution in [2.75, 3.05) is 11.9 Å². The summed E-state index contributed by atoms with van der Waals surface area (Å²) in [5.74, 6) is -0.213. The molecular formula is C15H19ClN2O2S. The van der Waals surface area contributed by atoms with Gasteiger partial charge in [-0.3, -0.25) is 9.59 Å². The summed E-state index contributed by atoms with van der Waals surface area (Å²) in [6.07, 6.45) is 3.40. The van der Waals surface area contributed by atoms with Crippen LogP contribution in [0.5, 0.6) is 0 Å². The third-order valence-electron chi connectivity index (χ3n) is 3.23. The molecule has 0 aliphatic carbocycles. The number of benzene rings is 1. The van der Waals surface area contributed by atoms with Crippen molar-refractivity contribution in [3.05, 3.63) is 23.2 Å². The number of nitrogens with one attached hydrogen (secondary N) is 2. The van der Waals surface area contributed by atoms with Crippen LogP contribution in [-0.2, 0) is 9.59 Å². The highest BCUT2D eigenvalue weighted by molar-refractivity contribution is 8.01. The van der Waals surface area contributed by atoms with E-state index in [-0.39, 0.29) is 23.5 Å². The van der Waals surface area contributed by atoms with Gasteiger partial charge in [-0.2, -0.15) is 0 Å². The van der Waals surface area contributed by atoms with Crippen LogP contribution in [0, 0.1) is 0 Å². The van der Waals surface area contributed by atoms with Gasteiger partial charge >= 0.3 is 0 Å². The summed E-state index contributed by atoms with van der Waals surface area (Å²) < 4.78 is 0. The minimum atomic E-state index is -0.384. The van der Waals surface area contributed by atoms with E-state index in [1.165, 1.54) is 11.8 Å². The molecule has 0 spiro atoms. The normalized spacial score (nSPS) is 17.0. The number of fused-ring (bicyclic) bond motifs is 1. The first kappa shape index (κ1) is 16.2. The van der Waals surface area contributed by atoms with Crippen molar-refractivity contribution in [1.82, 2.24) is 5.32 Å². The Hall–Kier alpha value is -1.20. The number of carbonyl (C=O) groups is 2. The van der Waals surface area contributed by atoms with E-state index in [1.54, 1.807) is 12.1 Å². The third-order valence-corrected chi connectivity index (χ3v) is 4.74. The van der Waals surface area contributed by atoms with Crippen LogP contribution < -0.4 is 10.6 Å². The topological polar surface area (TPSA) is 58.2 Å². The molecule has 4 nitrogen and oxygen atoms in total. The van der Waals surface area contributed by atoms with E-state index in [9.17, 15) is 9.59 Å². The van der Waals surface area contributed by atoms with Gasteiger partial charge in [-0.05, 0) is 24.6 Å². The van der Waals surface area contributed by atoms with Crippen molar-refractivity contribution in [2.24, 2.45) is 0 Å². The predicted octanol–water partition coefficient (Wildman–Crippen LogP) is 3.45. The van der Waals surface area contributed by atoms with Crippen molar-refractivity contribution in [3.8, 4) is 0 Å². The van der Waals surface area contributed by atoms with E-state index >= 15 is 0 Å². The second kappa shape index (κ2) is 7.71. The zero-order valence-electron chi connectivity index (χ0n) is 11.9. The van der Waals surface area contributed by atoms with Gasteiger partial charge in [0, 0.05) is 22.9 Å². The minimum absolute atomic E-state index is 0.0730. The van der Waals surface area contributed by atoms with Crippen LogP contribution in [0.4, 0.5) is 5.69 Å². The van der Waals surface area contributed by atoms with E-state index < -0.39 is 0 Å². The summed E-state index contributed by atoms with van der Waals surface area (Å²) in [7, 11) is 0. The first-order chi connectivity index (χ1) is 10.1. The molecule has 1 aliphatic rings. The minimum Gasteiger partial charge on any atom is -0.356 e. The number of carbonyl (C=O) groups excluding carboxylic acids is 2. The Bertz CT molecular complexity index is 536. The lowest BCUT2D eigenvalue weighted by Crippen LogP contribution is -2.35. The number of rotatable bonds is 6. The molecule has 1 aromatic carbocycles. The van der Waals surface area contributed by atoms with Gasteiger partial charge in [0.2, 0.25) is 11.8 Å². The third kappa shape index (κ3) is 4.64. The van der Waals surface area contributed by atoms with Crippen molar-refractivity contribution in [1.29, 1.82) is 0 Å². The van der Waals surface area contributed by atoms with Crippen LogP contribution in [0.15, 0.2) is 23.1 Å². The van der Waals surface area contributed by atoms with Crippen LogP contribution in [0.25, 0.3) is 0 Å². The Morgan fingerprint density at radius 2 is 2.24 bits per heavy atom. The molecule has 0 saturated heterocycles. The van der Waals surface area contributed by atoms with E-state index in [1.807, 2.05) is 6.07 Å². The quantitative estimate of drug-likeness (QED) is 0.787. The van der Waals surface area contributed by atoms with Gasteiger partial charge in [-0.15, -0.1) is 11.8 Å². The summed E-state index contributed by atoms with van der Waals surface area (Å²) in [5, 5.41) is 5.87. The van der Waals surface area contributed by atoms with Gasteiger partial charge in [-0.1, -0.05) is 31.4 Å². The largest absolute Gasteiger partial charge is 0.356 e. The lowest BCUT2D eigenvalue weighted by molar-refractivity contribution is -0.124. The first-order valence-electron chi connectivity index (χ1n) is 7.14. The molecule has 2 rings (SSSR count). The summed E-state index contributed by atoms with van der Waals surface area (Å²) >= 11 is 7.32. The van der Waals surface area contributed by atoms with Gasteiger partial charge < -0.3 is 10.6 Å². The van der Waals surface area contributed by atoms with E-state index in [2.05, 4.69) is 17.6 Å². The second-order valence-electron chi connectivity index (χ2n) is 5.00. The maximum absolute atomic E-state index is 12.0. The van der Waals surface area contributed by atoms with Gasteiger partial charge in [0.05, 0.1) is 10.9 Å². The zero-order valence-corrected chi connectivity index (χ0v) is 13.5. The standard InChI is InChI=1S/C15H19ClN2O2S/c1-2-3-4-7-17-14(19)9-13-15(20)18-11-8-10(16)5-6-12(11)21-13/h5-6,8,13H,2-4,7,9H2,1H3,(H,17,19)(H,18,20)/t13-/m0/s1. The number of amides is 2. The average molecular weight is 327 g/mol. The highest BCUT2D eigenvalue weighted by Crippen LogP contribution is 2.38. The molecule has 2 N–H and O–H groups in total. The molecule has 0 unspecified atom stereocenters. The van der Waals surface area contributed by atoms with Crippen LogP contribution in [0.1, 0.15) is 32.6 Å². The van der Waals surface area contributed by atoms with Gasteiger partial charge in [0.15, 0.2) is 0 Å². The molecule has 6 heteroatoms. The predicted molar refractivity (Wildman–Crippen MR) is 86.9 cm³/mol. The summed E-state index contributed by atoms with van der Waals surface area (Å²) in [6, 6.07) is 5.38. The molecule has 0 saturated carbocycles. The molecule has 0 radical (unpaired) electrons. The maximum atomic E-state index is 12.0. The summed E-state index contributed by atoms with van der Waals surface area (Å²) in [4.78, 5) is 24.8.